The van der Waals surface area contributed by atoms with E-state index < -0.39 is 0 Å². The van der Waals surface area contributed by atoms with Gasteiger partial charge in [-0.15, -0.1) is 0 Å². The molecular weight excluding hydrogens is 266 g/mol. The van der Waals surface area contributed by atoms with Crippen molar-refractivity contribution in [3.63, 3.8) is 0 Å². The third kappa shape index (κ3) is 4.17. The lowest BCUT2D eigenvalue weighted by atomic mass is 10.1. The molecule has 1 aliphatic rings. The number of likely N-dealkylation sites (tertiary alicyclic amines) is 1. The van der Waals surface area contributed by atoms with E-state index in [9.17, 15) is 4.79 Å². The first-order valence-electron chi connectivity index (χ1n) is 7.77. The van der Waals surface area contributed by atoms with Crippen LogP contribution in [0.15, 0.2) is 12.1 Å². The van der Waals surface area contributed by atoms with E-state index in [2.05, 4.69) is 10.3 Å². The van der Waals surface area contributed by atoms with Gasteiger partial charge in [0.1, 0.15) is 5.82 Å². The summed E-state index contributed by atoms with van der Waals surface area (Å²) in [5.41, 5.74) is 1.56. The molecule has 5 nitrogen and oxygen atoms in total. The molecule has 0 aliphatic carbocycles. The van der Waals surface area contributed by atoms with Crippen molar-refractivity contribution in [3.8, 4) is 0 Å². The summed E-state index contributed by atoms with van der Waals surface area (Å²) in [5.74, 6) is 0.836. The zero-order valence-corrected chi connectivity index (χ0v) is 13.2. The van der Waals surface area contributed by atoms with Gasteiger partial charge < -0.3 is 15.0 Å². The summed E-state index contributed by atoms with van der Waals surface area (Å²) in [7, 11) is 0. The number of ether oxygens (including phenoxy) is 1. The van der Waals surface area contributed by atoms with Gasteiger partial charge >= 0.3 is 0 Å². The fraction of sp³-hybridized carbons (Fsp3) is 0.625. The van der Waals surface area contributed by atoms with Crippen LogP contribution in [0.4, 0.5) is 5.82 Å². The van der Waals surface area contributed by atoms with Gasteiger partial charge in [-0.25, -0.2) is 4.98 Å². The number of carbonyl (C=O) groups excluding carboxylic acids is 1. The number of carbonyl (C=O) groups is 1. The Kier molecular flexibility index (Phi) is 5.56. The Bertz CT molecular complexity index is 488. The van der Waals surface area contributed by atoms with Crippen LogP contribution in [0.25, 0.3) is 0 Å². The number of aromatic nitrogens is 1. The number of anilines is 1. The fourth-order valence-electron chi connectivity index (χ4n) is 2.74. The lowest BCUT2D eigenvalue weighted by molar-refractivity contribution is 0.00724. The predicted octanol–water partition coefficient (Wildman–Crippen LogP) is 2.46. The van der Waals surface area contributed by atoms with Gasteiger partial charge in [0.25, 0.3) is 5.91 Å². The van der Waals surface area contributed by atoms with Crippen LogP contribution in [-0.4, -0.2) is 48.1 Å². The number of rotatable bonds is 5. The molecule has 2 rings (SSSR count). The average molecular weight is 291 g/mol. The Morgan fingerprint density at radius 3 is 3.00 bits per heavy atom. The molecule has 21 heavy (non-hydrogen) atoms. The number of amides is 1. The summed E-state index contributed by atoms with van der Waals surface area (Å²) in [4.78, 5) is 19.0. The van der Waals surface area contributed by atoms with Crippen LogP contribution in [0.5, 0.6) is 0 Å². The molecule has 1 fully saturated rings. The van der Waals surface area contributed by atoms with Crippen LogP contribution in [0, 0.1) is 6.92 Å². The van der Waals surface area contributed by atoms with E-state index in [1.807, 2.05) is 37.8 Å². The van der Waals surface area contributed by atoms with Crippen molar-refractivity contribution in [3.05, 3.63) is 23.4 Å². The molecule has 0 aromatic carbocycles. The Morgan fingerprint density at radius 2 is 2.29 bits per heavy atom. The minimum absolute atomic E-state index is 0.0732. The molecule has 1 amide bonds. The maximum atomic E-state index is 12.7. The summed E-state index contributed by atoms with van der Waals surface area (Å²) < 4.78 is 5.67. The molecule has 1 aromatic heterocycles. The number of aryl methyl sites for hydroxylation is 1. The molecule has 1 atom stereocenters. The minimum atomic E-state index is 0.0732. The van der Waals surface area contributed by atoms with Crippen molar-refractivity contribution in [1.29, 1.82) is 0 Å². The van der Waals surface area contributed by atoms with Gasteiger partial charge in [0.05, 0.1) is 6.10 Å². The molecule has 1 aromatic rings. The van der Waals surface area contributed by atoms with Crippen molar-refractivity contribution < 1.29 is 9.53 Å². The van der Waals surface area contributed by atoms with Gasteiger partial charge in [-0.1, -0.05) is 0 Å². The first-order valence-corrected chi connectivity index (χ1v) is 7.77. The minimum Gasteiger partial charge on any atom is -0.377 e. The van der Waals surface area contributed by atoms with Crippen LogP contribution in [0.3, 0.4) is 0 Å². The zero-order valence-electron chi connectivity index (χ0n) is 13.2. The summed E-state index contributed by atoms with van der Waals surface area (Å²) in [6.07, 6.45) is 2.21. The molecule has 1 aliphatic heterocycles. The average Bonchev–Trinajstić information content (AvgIpc) is 2.47. The van der Waals surface area contributed by atoms with Crippen molar-refractivity contribution in [2.75, 3.05) is 31.6 Å². The highest BCUT2D eigenvalue weighted by Gasteiger charge is 2.25. The quantitative estimate of drug-likeness (QED) is 0.905. The van der Waals surface area contributed by atoms with E-state index in [0.717, 1.165) is 37.4 Å². The third-order valence-electron chi connectivity index (χ3n) is 3.63. The van der Waals surface area contributed by atoms with Gasteiger partial charge in [0.15, 0.2) is 0 Å². The molecule has 5 heteroatoms. The Labute approximate surface area is 126 Å². The number of nitrogens with one attached hydrogen (secondary N) is 1. The highest BCUT2D eigenvalue weighted by atomic mass is 16.5. The molecule has 116 valence electrons. The maximum Gasteiger partial charge on any atom is 0.254 e. The molecule has 0 spiro atoms. The lowest BCUT2D eigenvalue weighted by Crippen LogP contribution is -2.43. The number of hydrogen-bond acceptors (Lipinski definition) is 4. The van der Waals surface area contributed by atoms with E-state index in [1.165, 1.54) is 0 Å². The van der Waals surface area contributed by atoms with E-state index in [-0.39, 0.29) is 12.0 Å². The largest absolute Gasteiger partial charge is 0.377 e. The van der Waals surface area contributed by atoms with E-state index in [4.69, 9.17) is 4.74 Å². The van der Waals surface area contributed by atoms with Gasteiger partial charge in [-0.3, -0.25) is 4.79 Å². The van der Waals surface area contributed by atoms with Crippen LogP contribution < -0.4 is 5.32 Å². The number of pyridine rings is 1. The first kappa shape index (κ1) is 15.8. The summed E-state index contributed by atoms with van der Waals surface area (Å²) >= 11 is 0. The van der Waals surface area contributed by atoms with Crippen molar-refractivity contribution in [2.45, 2.75) is 39.7 Å². The lowest BCUT2D eigenvalue weighted by Gasteiger charge is -2.32. The second kappa shape index (κ2) is 7.41. The second-order valence-electron chi connectivity index (χ2n) is 5.38. The standard InChI is InChI=1S/C16H25N3O2/c1-4-17-15-10-13(9-12(3)18-15)16(20)19-8-6-7-14(11-19)21-5-2/h9-10,14H,4-8,11H2,1-3H3,(H,17,18). The van der Waals surface area contributed by atoms with Crippen LogP contribution >= 0.6 is 0 Å². The van der Waals surface area contributed by atoms with Gasteiger partial charge in [0.2, 0.25) is 0 Å². The molecule has 1 unspecified atom stereocenters. The molecule has 2 heterocycles. The summed E-state index contributed by atoms with van der Waals surface area (Å²) in [5, 5.41) is 3.17. The van der Waals surface area contributed by atoms with Gasteiger partial charge in [0, 0.05) is 37.5 Å². The van der Waals surface area contributed by atoms with Crippen molar-refractivity contribution >= 4 is 11.7 Å². The normalized spacial score (nSPS) is 18.6. The smallest absolute Gasteiger partial charge is 0.254 e. The molecule has 1 N–H and O–H groups in total. The van der Waals surface area contributed by atoms with E-state index >= 15 is 0 Å². The zero-order chi connectivity index (χ0) is 15.2. The highest BCUT2D eigenvalue weighted by Crippen LogP contribution is 2.18. The highest BCUT2D eigenvalue weighted by molar-refractivity contribution is 5.95. The van der Waals surface area contributed by atoms with Crippen LogP contribution in [-0.2, 0) is 4.74 Å². The number of nitrogens with zero attached hydrogens (tertiary/aromatic N) is 2. The van der Waals surface area contributed by atoms with Gasteiger partial charge in [-0.05, 0) is 45.7 Å². The Hall–Kier alpha value is -1.62. The SMILES string of the molecule is CCNc1cc(C(=O)N2CCCC(OCC)C2)cc(C)n1. The summed E-state index contributed by atoms with van der Waals surface area (Å²) in [6, 6.07) is 3.69. The maximum absolute atomic E-state index is 12.7. The predicted molar refractivity (Wildman–Crippen MR) is 83.7 cm³/mol. The molecule has 1 saturated heterocycles. The third-order valence-corrected chi connectivity index (χ3v) is 3.63. The monoisotopic (exact) mass is 291 g/mol. The van der Waals surface area contributed by atoms with Crippen molar-refractivity contribution in [1.82, 2.24) is 9.88 Å². The van der Waals surface area contributed by atoms with E-state index in [0.29, 0.717) is 18.7 Å². The van der Waals surface area contributed by atoms with Crippen molar-refractivity contribution in [2.24, 2.45) is 0 Å². The summed E-state index contributed by atoms with van der Waals surface area (Å²) in [6.45, 7) is 8.91. The first-order chi connectivity index (χ1) is 10.1. The van der Waals surface area contributed by atoms with Crippen LogP contribution in [0.2, 0.25) is 0 Å². The van der Waals surface area contributed by atoms with E-state index in [1.54, 1.807) is 0 Å². The molecular formula is C16H25N3O2. The van der Waals surface area contributed by atoms with Crippen LogP contribution in [0.1, 0.15) is 42.7 Å². The number of piperidine rings is 1. The van der Waals surface area contributed by atoms with Gasteiger partial charge in [-0.2, -0.15) is 0 Å². The Morgan fingerprint density at radius 1 is 1.48 bits per heavy atom. The number of hydrogen-bond donors (Lipinski definition) is 1. The molecule has 0 bridgehead atoms. The fourth-order valence-corrected chi connectivity index (χ4v) is 2.74. The molecule has 0 saturated carbocycles. The molecule has 0 radical (unpaired) electrons. The Balaban J connectivity index is 2.11. The topological polar surface area (TPSA) is 54.5 Å². The second-order valence-corrected chi connectivity index (χ2v) is 5.38.